The molecule has 3 heterocycles. The molecule has 25 nitrogen and oxygen atoms in total. The molecule has 0 radical (unpaired) electrons. The standard InChI is InChI=1S/C80H127F3N12O13/c1-13-50(4)68-76(105)89(8)48-67(98)90(9)60-27-16-15-21-40-94(75(60)104)64(43-53-30-28-49(3)29-31-53)74(103)88(7)47-65(96)84-59(37-33-52-32-36-58(80(81,82)83)57(41-52)54-34-35-54)72(101)95-46-56(108-14-2)44-62(95)71(100)86-79(38-22-39-79)78(107)93(12)69(55-25-19-20-26-55)77(106)92(11)63(73(102)87(5)6)45-66(97)91(10)61(70(99)85-68)42-51-23-17-18-24-51/h15-16,49-64,68-69H,13-14,17-48H2,1-12H3,(H,84,96)(H,85,99)(H,86,100)/b16-15-/t49?,50-,52?,53?,56+,57?,58?,59-,60-,61-,62-,63-,64-,68-,69-/m0/s1. The fraction of sp³-hybridized carbons (Fsp3) is 0.825. The van der Waals surface area contributed by atoms with Crippen molar-refractivity contribution in [1.82, 2.24) is 60.0 Å². The average molecular weight is 1520 g/mol. The Morgan fingerprint density at radius 1 is 0.620 bits per heavy atom. The van der Waals surface area contributed by atoms with Gasteiger partial charge in [-0.2, -0.15) is 13.2 Å². The van der Waals surface area contributed by atoms with E-state index in [2.05, 4.69) is 22.9 Å². The first kappa shape index (κ1) is 85.1. The van der Waals surface area contributed by atoms with E-state index in [1.54, 1.807) is 13.8 Å². The van der Waals surface area contributed by atoms with Crippen molar-refractivity contribution in [2.75, 3.05) is 89.2 Å². The third-order valence-electron chi connectivity index (χ3n) is 26.5. The average Bonchev–Trinajstić information content (AvgIpc) is 0.995. The molecule has 6 aliphatic carbocycles. The first-order valence-electron chi connectivity index (χ1n) is 40.8. The molecule has 0 aromatic carbocycles. The van der Waals surface area contributed by atoms with Crippen molar-refractivity contribution in [2.24, 2.45) is 53.3 Å². The molecule has 2 bridgehead atoms. The van der Waals surface area contributed by atoms with E-state index in [9.17, 15) is 32.3 Å². The molecule has 9 aliphatic rings. The quantitative estimate of drug-likeness (QED) is 0.147. The zero-order valence-electron chi connectivity index (χ0n) is 66.6. The van der Waals surface area contributed by atoms with Gasteiger partial charge in [0.1, 0.15) is 53.9 Å². The lowest BCUT2D eigenvalue weighted by molar-refractivity contribution is -0.201. The Bertz CT molecular complexity index is 3240. The van der Waals surface area contributed by atoms with E-state index in [0.29, 0.717) is 50.9 Å². The van der Waals surface area contributed by atoms with Crippen LogP contribution in [0, 0.1) is 53.3 Å². The van der Waals surface area contributed by atoms with Gasteiger partial charge in [0.15, 0.2) is 0 Å². The minimum Gasteiger partial charge on any atom is -0.377 e. The summed E-state index contributed by atoms with van der Waals surface area (Å²) in [6.45, 7) is 6.70. The Balaban J connectivity index is 1.10. The largest absolute Gasteiger partial charge is 0.392 e. The van der Waals surface area contributed by atoms with Gasteiger partial charge in [-0.1, -0.05) is 104 Å². The highest BCUT2D eigenvalue weighted by Gasteiger charge is 2.55. The molecule has 3 N–H and O–H groups in total. The third kappa shape index (κ3) is 20.4. The number of nitrogens with one attached hydrogen (secondary N) is 3. The Morgan fingerprint density at radius 2 is 1.25 bits per heavy atom. The van der Waals surface area contributed by atoms with Crippen LogP contribution in [0.3, 0.4) is 0 Å². The van der Waals surface area contributed by atoms with Gasteiger partial charge in [0, 0.05) is 82.5 Å². The van der Waals surface area contributed by atoms with Crippen LogP contribution in [-0.2, 0) is 62.3 Å². The maximum absolute atomic E-state index is 15.8. The molecule has 606 valence electrons. The summed E-state index contributed by atoms with van der Waals surface area (Å²) >= 11 is 0. The van der Waals surface area contributed by atoms with Crippen molar-refractivity contribution in [3.05, 3.63) is 12.2 Å². The number of amides is 12. The topological polar surface area (TPSA) is 279 Å². The number of hydrogen-bond donors (Lipinski definition) is 3. The Hall–Kier alpha value is -6.87. The number of alkyl halides is 3. The van der Waals surface area contributed by atoms with Crippen molar-refractivity contribution >= 4 is 70.9 Å². The van der Waals surface area contributed by atoms with Crippen LogP contribution in [0.5, 0.6) is 0 Å². The lowest BCUT2D eigenvalue weighted by Crippen LogP contribution is -2.68. The minimum absolute atomic E-state index is 0.00441. The zero-order valence-corrected chi connectivity index (χ0v) is 66.6. The Morgan fingerprint density at radius 3 is 1.86 bits per heavy atom. The molecule has 108 heavy (non-hydrogen) atoms. The number of fused-ring (bicyclic) bond motifs is 3. The second-order valence-corrected chi connectivity index (χ2v) is 34.2. The number of ether oxygens (including phenoxy) is 1. The van der Waals surface area contributed by atoms with Crippen LogP contribution in [0.1, 0.15) is 214 Å². The smallest absolute Gasteiger partial charge is 0.377 e. The van der Waals surface area contributed by atoms with E-state index >= 15 is 38.4 Å². The highest BCUT2D eigenvalue weighted by atomic mass is 19.4. The van der Waals surface area contributed by atoms with Gasteiger partial charge in [-0.3, -0.25) is 57.5 Å². The molecule has 2 saturated heterocycles. The molecule has 13 atom stereocenters. The summed E-state index contributed by atoms with van der Waals surface area (Å²) in [7, 11) is 11.8. The van der Waals surface area contributed by atoms with E-state index in [4.69, 9.17) is 4.74 Å². The lowest BCUT2D eigenvalue weighted by Gasteiger charge is -2.46. The van der Waals surface area contributed by atoms with Crippen LogP contribution in [-0.4, -0.2) is 270 Å². The van der Waals surface area contributed by atoms with Gasteiger partial charge in [-0.15, -0.1) is 0 Å². The Labute approximate surface area is 638 Å². The second-order valence-electron chi connectivity index (χ2n) is 34.2. The fourth-order valence-corrected chi connectivity index (χ4v) is 19.1. The van der Waals surface area contributed by atoms with Crippen LogP contribution in [0.2, 0.25) is 0 Å². The van der Waals surface area contributed by atoms with Crippen LogP contribution >= 0.6 is 0 Å². The first-order chi connectivity index (χ1) is 51.2. The molecule has 0 aromatic rings. The van der Waals surface area contributed by atoms with E-state index in [-0.39, 0.29) is 114 Å². The summed E-state index contributed by atoms with van der Waals surface area (Å²) in [5.41, 5.74) is -1.56. The summed E-state index contributed by atoms with van der Waals surface area (Å²) in [5, 5.41) is 9.01. The Kier molecular flexibility index (Phi) is 29.5. The summed E-state index contributed by atoms with van der Waals surface area (Å²) in [5.74, 6) is -10.2. The van der Waals surface area contributed by atoms with Gasteiger partial charge in [0.2, 0.25) is 70.9 Å². The van der Waals surface area contributed by atoms with Crippen molar-refractivity contribution in [3.63, 3.8) is 0 Å². The molecular formula is C80H127F3N12O13. The highest BCUT2D eigenvalue weighted by molar-refractivity contribution is 6.01. The normalized spacial score (nSPS) is 32.7. The number of rotatable bonds is 14. The van der Waals surface area contributed by atoms with E-state index < -0.39 is 180 Å². The lowest BCUT2D eigenvalue weighted by atomic mass is 9.70. The maximum Gasteiger partial charge on any atom is 0.392 e. The fourth-order valence-electron chi connectivity index (χ4n) is 19.1. The molecule has 6 saturated carbocycles. The number of nitrogens with zero attached hydrogens (tertiary/aromatic N) is 9. The van der Waals surface area contributed by atoms with Crippen LogP contribution in [0.4, 0.5) is 13.2 Å². The van der Waals surface area contributed by atoms with Gasteiger partial charge in [0.05, 0.1) is 31.5 Å². The molecule has 0 aromatic heterocycles. The molecule has 8 fully saturated rings. The van der Waals surface area contributed by atoms with Crippen molar-refractivity contribution in [3.8, 4) is 0 Å². The molecule has 3 aliphatic heterocycles. The van der Waals surface area contributed by atoms with Gasteiger partial charge in [0.25, 0.3) is 0 Å². The number of halogens is 3. The summed E-state index contributed by atoms with van der Waals surface area (Å²) in [4.78, 5) is 195. The molecule has 9 rings (SSSR count). The first-order valence-corrected chi connectivity index (χ1v) is 40.8. The number of likely N-dealkylation sites (N-methyl/N-ethyl adjacent to an activating group) is 7. The van der Waals surface area contributed by atoms with Gasteiger partial charge < -0.3 is 64.8 Å². The van der Waals surface area contributed by atoms with Crippen molar-refractivity contribution in [2.45, 2.75) is 280 Å². The van der Waals surface area contributed by atoms with E-state index in [1.165, 1.54) is 100 Å². The maximum atomic E-state index is 15.8. The van der Waals surface area contributed by atoms with Crippen LogP contribution in [0.15, 0.2) is 12.2 Å². The van der Waals surface area contributed by atoms with Crippen molar-refractivity contribution in [1.29, 1.82) is 0 Å². The zero-order chi connectivity index (χ0) is 78.8. The van der Waals surface area contributed by atoms with Gasteiger partial charge in [-0.25, -0.2) is 0 Å². The molecule has 3 unspecified atom stereocenters. The van der Waals surface area contributed by atoms with Crippen molar-refractivity contribution < 1.29 is 75.4 Å². The third-order valence-corrected chi connectivity index (χ3v) is 26.5. The predicted molar refractivity (Wildman–Crippen MR) is 399 cm³/mol. The predicted octanol–water partition coefficient (Wildman–Crippen LogP) is 7.08. The molecule has 28 heteroatoms. The van der Waals surface area contributed by atoms with Gasteiger partial charge in [-0.05, 0) is 157 Å². The van der Waals surface area contributed by atoms with E-state index in [0.717, 1.165) is 64.2 Å². The summed E-state index contributed by atoms with van der Waals surface area (Å²) in [6, 6.07) is -9.84. The number of hydrogen-bond acceptors (Lipinski definition) is 13. The molecule has 12 amide bonds. The van der Waals surface area contributed by atoms with Crippen LogP contribution < -0.4 is 16.0 Å². The van der Waals surface area contributed by atoms with Crippen LogP contribution in [0.25, 0.3) is 0 Å². The SMILES string of the molecule is CCO[C@@H]1C[C@H]2C(=O)NC3(CCC3)C(=O)N(C)[C@@H](C3CCCC3)C(=O)N(C)[C@H](C(=O)N(C)C)CC(=O)N(C)[C@@H](CC3CCCC3)C(=O)N[C@@H]([C@@H](C)CC)C(=O)N(C)CC(=O)N(C)[C@H]3C/C=C\CCN(C3=O)[C@@H](CC3CCC(C)CC3)C(=O)N(C)CC(=O)N[C@@H](CCC3CCC(C(F)(F)F)C(C4CC4)C3)C(=O)N2C1. The monoisotopic (exact) mass is 1520 g/mol. The van der Waals surface area contributed by atoms with E-state index in [1.807, 2.05) is 19.1 Å². The number of carbonyl (C=O) groups is 12. The molecular weight excluding hydrogens is 1390 g/mol. The minimum atomic E-state index is -4.37. The highest BCUT2D eigenvalue weighted by Crippen LogP contribution is 2.54. The second kappa shape index (κ2) is 37.4. The van der Waals surface area contributed by atoms with Gasteiger partial charge >= 0.3 is 6.18 Å². The summed E-state index contributed by atoms with van der Waals surface area (Å²) < 4.78 is 50.0. The molecule has 1 spiro atoms. The number of carbonyl (C=O) groups excluding carboxylic acids is 12. The summed E-state index contributed by atoms with van der Waals surface area (Å²) in [6.07, 6.45) is 11.7.